The Hall–Kier alpha value is -2.16. The Morgan fingerprint density at radius 1 is 1.03 bits per heavy atom. The van der Waals surface area contributed by atoms with Gasteiger partial charge in [0.15, 0.2) is 0 Å². The molecule has 5 rings (SSSR count). The predicted octanol–water partition coefficient (Wildman–Crippen LogP) is 6.14. The largest absolute Gasteiger partial charge is 0.459 e. The highest BCUT2D eigenvalue weighted by Gasteiger charge is 2.58. The SMILES string of the molecule is C[C@]12CC[C@H](OC(=O)/C=C\c3ccccc3)CC1=CC[C@H]1[C@H]2CC[C@]2(C)C(=O)CC[C@H]12. The number of rotatable bonds is 3. The van der Waals surface area contributed by atoms with Gasteiger partial charge in [-0.2, -0.15) is 0 Å². The van der Waals surface area contributed by atoms with Gasteiger partial charge in [-0.3, -0.25) is 4.79 Å². The summed E-state index contributed by atoms with van der Waals surface area (Å²) in [6.07, 6.45) is 13.9. The quantitative estimate of drug-likeness (QED) is 0.336. The van der Waals surface area contributed by atoms with E-state index >= 15 is 0 Å². The average molecular weight is 419 g/mol. The Morgan fingerprint density at radius 2 is 1.77 bits per heavy atom. The number of fused-ring (bicyclic) bond motifs is 5. The molecule has 3 nitrogen and oxygen atoms in total. The molecular formula is C28H34O3. The molecular weight excluding hydrogens is 384 g/mol. The fourth-order valence-corrected chi connectivity index (χ4v) is 7.43. The molecule has 4 aliphatic carbocycles. The van der Waals surface area contributed by atoms with Crippen molar-refractivity contribution in [1.82, 2.24) is 0 Å². The highest BCUT2D eigenvalue weighted by Crippen LogP contribution is 2.64. The summed E-state index contributed by atoms with van der Waals surface area (Å²) in [6.45, 7) is 4.69. The Bertz CT molecular complexity index is 929. The molecule has 0 spiro atoms. The Kier molecular flexibility index (Phi) is 5.19. The van der Waals surface area contributed by atoms with Crippen molar-refractivity contribution in [1.29, 1.82) is 0 Å². The Labute approximate surface area is 185 Å². The third-order valence-electron chi connectivity index (χ3n) is 9.26. The van der Waals surface area contributed by atoms with Crippen molar-refractivity contribution in [3.8, 4) is 0 Å². The molecule has 0 unspecified atom stereocenters. The first-order valence-corrected chi connectivity index (χ1v) is 12.1. The minimum absolute atomic E-state index is 0.0225. The number of hydrogen-bond acceptors (Lipinski definition) is 3. The molecule has 3 fully saturated rings. The second kappa shape index (κ2) is 7.76. The van der Waals surface area contributed by atoms with Crippen molar-refractivity contribution in [3.05, 3.63) is 53.6 Å². The van der Waals surface area contributed by atoms with E-state index in [1.807, 2.05) is 36.4 Å². The molecule has 0 N–H and O–H groups in total. The molecule has 31 heavy (non-hydrogen) atoms. The van der Waals surface area contributed by atoms with Crippen LogP contribution in [0, 0.1) is 28.6 Å². The number of carbonyl (C=O) groups excluding carboxylic acids is 2. The monoisotopic (exact) mass is 418 g/mol. The van der Waals surface area contributed by atoms with Crippen LogP contribution < -0.4 is 0 Å². The molecule has 3 heteroatoms. The number of ketones is 1. The van der Waals surface area contributed by atoms with Crippen LogP contribution in [-0.4, -0.2) is 17.9 Å². The molecule has 0 amide bonds. The Balaban J connectivity index is 1.26. The first-order chi connectivity index (χ1) is 14.9. The van der Waals surface area contributed by atoms with E-state index in [0.29, 0.717) is 23.5 Å². The number of ether oxygens (including phenoxy) is 1. The fourth-order valence-electron chi connectivity index (χ4n) is 7.43. The Morgan fingerprint density at radius 3 is 2.58 bits per heavy atom. The van der Waals surface area contributed by atoms with E-state index in [1.165, 1.54) is 12.0 Å². The maximum Gasteiger partial charge on any atom is 0.331 e. The van der Waals surface area contributed by atoms with Crippen LogP contribution in [0.25, 0.3) is 6.08 Å². The van der Waals surface area contributed by atoms with Crippen molar-refractivity contribution in [2.75, 3.05) is 0 Å². The number of Topliss-reactive ketones (excluding diaryl/α,β-unsaturated/α-hetero) is 1. The standard InChI is InChI=1S/C28H34O3/c1-27-16-14-21(31-26(30)13-8-19-6-4-3-5-7-19)18-20(27)9-10-22-23-11-12-25(29)28(23,2)17-15-24(22)27/h3-9,13,21-24H,10-12,14-18H2,1-2H3/b13-8-/t21-,22+,23+,24+,27-,28-/m0/s1. The van der Waals surface area contributed by atoms with Crippen LogP contribution in [-0.2, 0) is 14.3 Å². The van der Waals surface area contributed by atoms with Gasteiger partial charge >= 0.3 is 5.97 Å². The highest BCUT2D eigenvalue weighted by molar-refractivity contribution is 5.87. The lowest BCUT2D eigenvalue weighted by Gasteiger charge is -2.56. The van der Waals surface area contributed by atoms with Crippen LogP contribution in [0.15, 0.2) is 48.1 Å². The van der Waals surface area contributed by atoms with Crippen molar-refractivity contribution < 1.29 is 14.3 Å². The maximum atomic E-state index is 12.6. The van der Waals surface area contributed by atoms with Gasteiger partial charge in [0.1, 0.15) is 11.9 Å². The van der Waals surface area contributed by atoms with Crippen molar-refractivity contribution >= 4 is 17.8 Å². The molecule has 0 aliphatic heterocycles. The van der Waals surface area contributed by atoms with E-state index in [0.717, 1.165) is 50.5 Å². The lowest BCUT2D eigenvalue weighted by atomic mass is 9.48. The highest BCUT2D eigenvalue weighted by atomic mass is 16.5. The minimum Gasteiger partial charge on any atom is -0.459 e. The third kappa shape index (κ3) is 3.50. The van der Waals surface area contributed by atoms with Gasteiger partial charge in [-0.15, -0.1) is 0 Å². The third-order valence-corrected chi connectivity index (χ3v) is 9.26. The normalized spacial score (nSPS) is 39.4. The second-order valence-corrected chi connectivity index (χ2v) is 10.7. The zero-order valence-electron chi connectivity index (χ0n) is 18.8. The number of hydrogen-bond donors (Lipinski definition) is 0. The van der Waals surface area contributed by atoms with Gasteiger partial charge in [-0.25, -0.2) is 4.79 Å². The molecule has 0 radical (unpaired) electrons. The fraction of sp³-hybridized carbons (Fsp3) is 0.571. The lowest BCUT2D eigenvalue weighted by Crippen LogP contribution is -2.50. The molecule has 3 saturated carbocycles. The van der Waals surface area contributed by atoms with E-state index < -0.39 is 0 Å². The number of esters is 1. The maximum absolute atomic E-state index is 12.6. The second-order valence-electron chi connectivity index (χ2n) is 10.7. The summed E-state index contributed by atoms with van der Waals surface area (Å²) in [5.74, 6) is 2.14. The summed E-state index contributed by atoms with van der Waals surface area (Å²) in [7, 11) is 0. The molecule has 164 valence electrons. The lowest BCUT2D eigenvalue weighted by molar-refractivity contribution is -0.145. The van der Waals surface area contributed by atoms with E-state index in [-0.39, 0.29) is 22.9 Å². The van der Waals surface area contributed by atoms with Gasteiger partial charge < -0.3 is 4.74 Å². The molecule has 1 aromatic rings. The van der Waals surface area contributed by atoms with Crippen LogP contribution in [0.5, 0.6) is 0 Å². The van der Waals surface area contributed by atoms with E-state index in [1.54, 1.807) is 6.08 Å². The van der Waals surface area contributed by atoms with Gasteiger partial charge in [0.2, 0.25) is 0 Å². The first kappa shape index (κ1) is 20.7. The van der Waals surface area contributed by atoms with Crippen LogP contribution in [0.4, 0.5) is 0 Å². The predicted molar refractivity (Wildman–Crippen MR) is 122 cm³/mol. The smallest absolute Gasteiger partial charge is 0.331 e. The van der Waals surface area contributed by atoms with Crippen molar-refractivity contribution in [2.24, 2.45) is 28.6 Å². The zero-order chi connectivity index (χ0) is 21.6. The van der Waals surface area contributed by atoms with E-state index in [2.05, 4.69) is 19.9 Å². The molecule has 0 aromatic heterocycles. The van der Waals surface area contributed by atoms with Crippen LogP contribution in [0.1, 0.15) is 70.8 Å². The number of carbonyl (C=O) groups is 2. The number of allylic oxidation sites excluding steroid dienone is 1. The van der Waals surface area contributed by atoms with Gasteiger partial charge in [-0.1, -0.05) is 55.8 Å². The first-order valence-electron chi connectivity index (χ1n) is 12.1. The topological polar surface area (TPSA) is 43.4 Å². The molecule has 4 aliphatic rings. The minimum atomic E-state index is -0.246. The summed E-state index contributed by atoms with van der Waals surface area (Å²) in [4.78, 5) is 25.0. The van der Waals surface area contributed by atoms with Crippen LogP contribution >= 0.6 is 0 Å². The van der Waals surface area contributed by atoms with E-state index in [9.17, 15) is 9.59 Å². The van der Waals surface area contributed by atoms with E-state index in [4.69, 9.17) is 4.74 Å². The number of benzene rings is 1. The van der Waals surface area contributed by atoms with Gasteiger partial charge in [0.05, 0.1) is 0 Å². The summed E-state index contributed by atoms with van der Waals surface area (Å²) < 4.78 is 5.83. The molecule has 0 saturated heterocycles. The summed E-state index contributed by atoms with van der Waals surface area (Å²) >= 11 is 0. The molecule has 6 atom stereocenters. The summed E-state index contributed by atoms with van der Waals surface area (Å²) in [6, 6.07) is 9.85. The summed E-state index contributed by atoms with van der Waals surface area (Å²) in [5, 5.41) is 0. The summed E-state index contributed by atoms with van der Waals surface area (Å²) in [5.41, 5.74) is 2.64. The average Bonchev–Trinajstić information content (AvgIpc) is 3.08. The van der Waals surface area contributed by atoms with Crippen LogP contribution in [0.2, 0.25) is 0 Å². The molecule has 1 aromatic carbocycles. The van der Waals surface area contributed by atoms with Crippen molar-refractivity contribution in [3.63, 3.8) is 0 Å². The van der Waals surface area contributed by atoms with Gasteiger partial charge in [0, 0.05) is 24.3 Å². The van der Waals surface area contributed by atoms with Gasteiger partial charge in [-0.05, 0) is 73.3 Å². The van der Waals surface area contributed by atoms with Crippen molar-refractivity contribution in [2.45, 2.75) is 71.3 Å². The van der Waals surface area contributed by atoms with Gasteiger partial charge in [0.25, 0.3) is 0 Å². The zero-order valence-corrected chi connectivity index (χ0v) is 18.8. The molecule has 0 heterocycles. The van der Waals surface area contributed by atoms with Crippen LogP contribution in [0.3, 0.4) is 0 Å². The molecule has 0 bridgehead atoms.